The first-order valence-corrected chi connectivity index (χ1v) is 8.04. The fourth-order valence-corrected chi connectivity index (χ4v) is 3.79. The minimum Gasteiger partial charge on any atom is -0.481 e. The fourth-order valence-electron chi connectivity index (χ4n) is 3.79. The Balaban J connectivity index is 1.86. The van der Waals surface area contributed by atoms with Gasteiger partial charge in [0.05, 0.1) is 11.8 Å². The summed E-state index contributed by atoms with van der Waals surface area (Å²) in [6.07, 6.45) is 3.54. The molecular weight excluding hydrogens is 278 g/mol. The van der Waals surface area contributed by atoms with E-state index >= 15 is 0 Å². The van der Waals surface area contributed by atoms with E-state index in [-0.39, 0.29) is 18.4 Å². The summed E-state index contributed by atoms with van der Waals surface area (Å²) < 4.78 is 0. The lowest BCUT2D eigenvalue weighted by Crippen LogP contribution is -2.43. The lowest BCUT2D eigenvalue weighted by atomic mass is 9.91. The zero-order valence-electron chi connectivity index (χ0n) is 13.3. The van der Waals surface area contributed by atoms with Crippen LogP contribution in [-0.2, 0) is 15.0 Å². The van der Waals surface area contributed by atoms with Crippen LogP contribution >= 0.6 is 0 Å². The molecule has 1 atom stereocenters. The second-order valence-corrected chi connectivity index (χ2v) is 6.85. The Morgan fingerprint density at radius 3 is 2.41 bits per heavy atom. The van der Waals surface area contributed by atoms with Gasteiger partial charge in [0.2, 0.25) is 5.91 Å². The molecule has 1 heterocycles. The van der Waals surface area contributed by atoms with E-state index in [4.69, 9.17) is 5.11 Å². The van der Waals surface area contributed by atoms with E-state index in [2.05, 4.69) is 32.0 Å². The highest BCUT2D eigenvalue weighted by atomic mass is 16.4. The van der Waals surface area contributed by atoms with E-state index in [1.807, 2.05) is 4.90 Å². The van der Waals surface area contributed by atoms with Crippen molar-refractivity contribution in [3.05, 3.63) is 34.9 Å². The number of hydrogen-bond donors (Lipinski definition) is 1. The van der Waals surface area contributed by atoms with Crippen molar-refractivity contribution < 1.29 is 14.7 Å². The van der Waals surface area contributed by atoms with Crippen LogP contribution in [0.3, 0.4) is 0 Å². The Kier molecular flexibility index (Phi) is 3.71. The van der Waals surface area contributed by atoms with Gasteiger partial charge >= 0.3 is 5.97 Å². The van der Waals surface area contributed by atoms with Gasteiger partial charge in [0, 0.05) is 12.6 Å². The number of likely N-dealkylation sites (tertiary alicyclic amines) is 1. The molecule has 1 aromatic carbocycles. The van der Waals surface area contributed by atoms with Crippen molar-refractivity contribution >= 4 is 11.9 Å². The molecule has 22 heavy (non-hydrogen) atoms. The lowest BCUT2D eigenvalue weighted by Gasteiger charge is -2.29. The summed E-state index contributed by atoms with van der Waals surface area (Å²) in [5, 5.41) is 9.04. The minimum atomic E-state index is -0.819. The van der Waals surface area contributed by atoms with E-state index in [1.165, 1.54) is 11.1 Å². The van der Waals surface area contributed by atoms with Crippen LogP contribution in [0.5, 0.6) is 0 Å². The molecule has 1 unspecified atom stereocenters. The molecule has 0 bridgehead atoms. The predicted molar refractivity (Wildman–Crippen MR) is 83.8 cm³/mol. The highest BCUT2D eigenvalue weighted by molar-refractivity contribution is 5.92. The summed E-state index contributed by atoms with van der Waals surface area (Å²) in [6, 6.07) is 6.21. The van der Waals surface area contributed by atoms with Crippen LogP contribution in [0, 0.1) is 13.8 Å². The van der Waals surface area contributed by atoms with Gasteiger partial charge in [0.25, 0.3) is 0 Å². The SMILES string of the molecule is Cc1cc(C)cc(C2(C(=O)N3CCCC3CC(=O)O)CC2)c1. The number of carboxylic acid groups (broad SMARTS) is 1. The van der Waals surface area contributed by atoms with Crippen molar-refractivity contribution in [3.63, 3.8) is 0 Å². The summed E-state index contributed by atoms with van der Waals surface area (Å²) in [5.41, 5.74) is 3.07. The van der Waals surface area contributed by atoms with Crippen molar-refractivity contribution in [2.75, 3.05) is 6.54 Å². The van der Waals surface area contributed by atoms with E-state index < -0.39 is 11.4 Å². The topological polar surface area (TPSA) is 57.6 Å². The molecule has 2 fully saturated rings. The summed E-state index contributed by atoms with van der Waals surface area (Å²) in [7, 11) is 0. The molecule has 3 rings (SSSR count). The maximum Gasteiger partial charge on any atom is 0.305 e. The molecule has 1 aromatic rings. The highest BCUT2D eigenvalue weighted by Crippen LogP contribution is 2.51. The monoisotopic (exact) mass is 301 g/mol. The maximum atomic E-state index is 13.1. The van der Waals surface area contributed by atoms with Crippen LogP contribution in [0.25, 0.3) is 0 Å². The average Bonchev–Trinajstić information content (AvgIpc) is 3.12. The standard InChI is InChI=1S/C18H23NO3/c1-12-8-13(2)10-14(9-12)18(5-6-18)17(22)19-7-3-4-15(19)11-16(20)21/h8-10,15H,3-7,11H2,1-2H3,(H,20,21). The maximum absolute atomic E-state index is 13.1. The van der Waals surface area contributed by atoms with Gasteiger partial charge in [-0.15, -0.1) is 0 Å². The third-order valence-corrected chi connectivity index (χ3v) is 4.98. The normalized spacial score (nSPS) is 22.6. The number of aryl methyl sites for hydroxylation is 2. The van der Waals surface area contributed by atoms with E-state index in [9.17, 15) is 9.59 Å². The molecule has 1 saturated heterocycles. The first-order valence-electron chi connectivity index (χ1n) is 8.04. The van der Waals surface area contributed by atoms with E-state index in [1.54, 1.807) is 0 Å². The number of carbonyl (C=O) groups excluding carboxylic acids is 1. The third-order valence-electron chi connectivity index (χ3n) is 4.98. The molecule has 4 nitrogen and oxygen atoms in total. The number of nitrogens with zero attached hydrogens (tertiary/aromatic N) is 1. The van der Waals surface area contributed by atoms with Crippen molar-refractivity contribution in [2.24, 2.45) is 0 Å². The summed E-state index contributed by atoms with van der Waals surface area (Å²) in [4.78, 5) is 25.9. The Bertz CT molecular complexity index is 599. The molecule has 1 N–H and O–H groups in total. The highest BCUT2D eigenvalue weighted by Gasteiger charge is 2.54. The Morgan fingerprint density at radius 2 is 1.86 bits per heavy atom. The summed E-state index contributed by atoms with van der Waals surface area (Å²) in [6.45, 7) is 4.81. The molecule has 1 saturated carbocycles. The van der Waals surface area contributed by atoms with Crippen LogP contribution < -0.4 is 0 Å². The second kappa shape index (κ2) is 5.41. The molecule has 0 spiro atoms. The zero-order chi connectivity index (χ0) is 15.9. The minimum absolute atomic E-state index is 0.0642. The summed E-state index contributed by atoms with van der Waals surface area (Å²) in [5.74, 6) is -0.679. The first-order chi connectivity index (χ1) is 10.4. The van der Waals surface area contributed by atoms with Gasteiger partial charge in [-0.3, -0.25) is 9.59 Å². The Morgan fingerprint density at radius 1 is 1.23 bits per heavy atom. The molecule has 1 amide bonds. The van der Waals surface area contributed by atoms with Crippen LogP contribution in [0.15, 0.2) is 18.2 Å². The number of carboxylic acids is 1. The van der Waals surface area contributed by atoms with Crippen molar-refractivity contribution in [1.29, 1.82) is 0 Å². The third kappa shape index (κ3) is 2.62. The van der Waals surface area contributed by atoms with Gasteiger partial charge in [0.1, 0.15) is 0 Å². The number of rotatable bonds is 4. The zero-order valence-corrected chi connectivity index (χ0v) is 13.3. The number of carbonyl (C=O) groups is 2. The van der Waals surface area contributed by atoms with Crippen LogP contribution in [0.1, 0.15) is 48.8 Å². The molecule has 0 radical (unpaired) electrons. The molecule has 1 aliphatic carbocycles. The van der Waals surface area contributed by atoms with Gasteiger partial charge < -0.3 is 10.0 Å². The average molecular weight is 301 g/mol. The smallest absolute Gasteiger partial charge is 0.305 e. The van der Waals surface area contributed by atoms with Gasteiger partial charge in [-0.05, 0) is 45.1 Å². The van der Waals surface area contributed by atoms with Crippen molar-refractivity contribution in [3.8, 4) is 0 Å². The molecule has 0 aromatic heterocycles. The van der Waals surface area contributed by atoms with E-state index in [0.717, 1.165) is 31.2 Å². The largest absolute Gasteiger partial charge is 0.481 e. The summed E-state index contributed by atoms with van der Waals surface area (Å²) >= 11 is 0. The fraction of sp³-hybridized carbons (Fsp3) is 0.556. The van der Waals surface area contributed by atoms with Gasteiger partial charge in [-0.1, -0.05) is 29.3 Å². The number of aliphatic carboxylic acids is 1. The van der Waals surface area contributed by atoms with Crippen LogP contribution in [-0.4, -0.2) is 34.5 Å². The quantitative estimate of drug-likeness (QED) is 0.930. The molecular formula is C18H23NO3. The van der Waals surface area contributed by atoms with Crippen LogP contribution in [0.2, 0.25) is 0 Å². The van der Waals surface area contributed by atoms with Crippen molar-refractivity contribution in [1.82, 2.24) is 4.90 Å². The lowest BCUT2D eigenvalue weighted by molar-refractivity contribution is -0.140. The number of amides is 1. The Labute approximate surface area is 131 Å². The molecule has 1 aliphatic heterocycles. The molecule has 4 heteroatoms. The number of benzene rings is 1. The van der Waals surface area contributed by atoms with Gasteiger partial charge in [-0.25, -0.2) is 0 Å². The predicted octanol–water partition coefficient (Wildman–Crippen LogP) is 2.80. The molecule has 2 aliphatic rings. The van der Waals surface area contributed by atoms with Crippen molar-refractivity contribution in [2.45, 2.75) is 57.4 Å². The Hall–Kier alpha value is -1.84. The van der Waals surface area contributed by atoms with Gasteiger partial charge in [-0.2, -0.15) is 0 Å². The van der Waals surface area contributed by atoms with Gasteiger partial charge in [0.15, 0.2) is 0 Å². The molecule has 118 valence electrons. The van der Waals surface area contributed by atoms with Crippen LogP contribution in [0.4, 0.5) is 0 Å². The first kappa shape index (κ1) is 15.1. The number of hydrogen-bond acceptors (Lipinski definition) is 2. The second-order valence-electron chi connectivity index (χ2n) is 6.85. The van der Waals surface area contributed by atoms with E-state index in [0.29, 0.717) is 6.54 Å².